The molecular weight excluding hydrogens is 352 g/mol. The van der Waals surface area contributed by atoms with Gasteiger partial charge in [0.25, 0.3) is 0 Å². The van der Waals surface area contributed by atoms with Crippen molar-refractivity contribution in [3.8, 4) is 0 Å². The van der Waals surface area contributed by atoms with Crippen LogP contribution in [0.2, 0.25) is 0 Å². The highest BCUT2D eigenvalue weighted by Gasteiger charge is 2.32. The number of carbonyl (C=O) groups is 2. The average molecular weight is 389 g/mol. The third kappa shape index (κ3) is 5.93. The van der Waals surface area contributed by atoms with Gasteiger partial charge in [0.2, 0.25) is 0 Å². The van der Waals surface area contributed by atoms with Gasteiger partial charge in [-0.2, -0.15) is 0 Å². The van der Waals surface area contributed by atoms with Gasteiger partial charge in [-0.25, -0.2) is 0 Å². The monoisotopic (exact) mass is 388 g/mol. The molecule has 0 spiro atoms. The number of carboxylic acid groups (broad SMARTS) is 1. The third-order valence-electron chi connectivity index (χ3n) is 4.57. The Morgan fingerprint density at radius 1 is 1.11 bits per heavy atom. The third-order valence-corrected chi connectivity index (χ3v) is 4.57. The number of Topliss-reactive ketones (excluding diaryl/α,β-unsaturated/α-hetero) is 1. The Hall–Kier alpha value is -2.14. The summed E-state index contributed by atoms with van der Waals surface area (Å²) in [6.45, 7) is 13.7. The number of para-hydroxylation sites is 1. The van der Waals surface area contributed by atoms with Crippen molar-refractivity contribution in [1.82, 2.24) is 4.57 Å². The van der Waals surface area contributed by atoms with Gasteiger partial charge in [0.15, 0.2) is 5.78 Å². The minimum Gasteiger partial charge on any atom is -0.481 e. The Bertz CT molecular complexity index is 813. The molecule has 0 amide bonds. The Labute approximate surface area is 168 Å². The number of nitrogens with two attached hydrogens (primary N) is 1. The summed E-state index contributed by atoms with van der Waals surface area (Å²) >= 11 is 0. The van der Waals surface area contributed by atoms with Crippen LogP contribution in [0, 0.1) is 5.41 Å². The lowest BCUT2D eigenvalue weighted by Gasteiger charge is -2.22. The molecule has 0 bridgehead atoms. The molecule has 0 aliphatic heterocycles. The number of benzene rings is 1. The molecule has 28 heavy (non-hydrogen) atoms. The molecule has 0 saturated carbocycles. The highest BCUT2D eigenvalue weighted by atomic mass is 16.4. The normalized spacial score (nSPS) is 13.0. The summed E-state index contributed by atoms with van der Waals surface area (Å²) in [5, 5.41) is 10.3. The van der Waals surface area contributed by atoms with E-state index in [1.807, 2.05) is 18.2 Å². The summed E-state index contributed by atoms with van der Waals surface area (Å²) in [5.74, 6) is -1.21. The number of aromatic nitrogens is 1. The highest BCUT2D eigenvalue weighted by molar-refractivity contribution is 5.90. The molecule has 2 aromatic rings. The van der Waals surface area contributed by atoms with Gasteiger partial charge < -0.3 is 15.4 Å². The fourth-order valence-electron chi connectivity index (χ4n) is 2.96. The van der Waals surface area contributed by atoms with Crippen molar-refractivity contribution in [3.05, 3.63) is 36.0 Å². The molecule has 1 aromatic heterocycles. The SMILES string of the molecule is CC(C)(CC(=O)[C@H](N)Cc1cn(C(C)(C)C)c2ccccc12)C(=O)O.CCC. The largest absolute Gasteiger partial charge is 0.481 e. The number of fused-ring (bicyclic) bond motifs is 1. The van der Waals surface area contributed by atoms with E-state index < -0.39 is 17.4 Å². The van der Waals surface area contributed by atoms with Crippen molar-refractivity contribution in [3.63, 3.8) is 0 Å². The van der Waals surface area contributed by atoms with E-state index in [9.17, 15) is 14.7 Å². The number of nitrogens with zero attached hydrogens (tertiary/aromatic N) is 1. The second-order valence-corrected chi connectivity index (χ2v) is 9.06. The van der Waals surface area contributed by atoms with Gasteiger partial charge in [-0.3, -0.25) is 9.59 Å². The molecule has 0 radical (unpaired) electrons. The second-order valence-electron chi connectivity index (χ2n) is 9.06. The van der Waals surface area contributed by atoms with Gasteiger partial charge in [0.1, 0.15) is 0 Å². The van der Waals surface area contributed by atoms with E-state index in [0.717, 1.165) is 16.5 Å². The van der Waals surface area contributed by atoms with Crippen molar-refractivity contribution in [2.45, 2.75) is 79.3 Å². The Balaban J connectivity index is 0.00000122. The van der Waals surface area contributed by atoms with Crippen molar-refractivity contribution in [2.24, 2.45) is 11.1 Å². The number of rotatable bonds is 6. The van der Waals surface area contributed by atoms with Crippen molar-refractivity contribution < 1.29 is 14.7 Å². The van der Waals surface area contributed by atoms with E-state index >= 15 is 0 Å². The first-order valence-corrected chi connectivity index (χ1v) is 9.96. The van der Waals surface area contributed by atoms with Crippen LogP contribution in [-0.4, -0.2) is 27.5 Å². The molecule has 156 valence electrons. The predicted octanol–water partition coefficient (Wildman–Crippen LogP) is 4.75. The maximum atomic E-state index is 12.4. The molecule has 5 nitrogen and oxygen atoms in total. The van der Waals surface area contributed by atoms with Crippen LogP contribution in [0.25, 0.3) is 10.9 Å². The number of hydrogen-bond donors (Lipinski definition) is 2. The number of hydrogen-bond acceptors (Lipinski definition) is 3. The molecular formula is C23H36N2O3. The lowest BCUT2D eigenvalue weighted by molar-refractivity contribution is -0.149. The van der Waals surface area contributed by atoms with Gasteiger partial charge in [-0.15, -0.1) is 0 Å². The number of carbonyl (C=O) groups excluding carboxylic acids is 1. The summed E-state index contributed by atoms with van der Waals surface area (Å²) in [4.78, 5) is 23.6. The minimum absolute atomic E-state index is 0.0680. The predicted molar refractivity (Wildman–Crippen MR) is 116 cm³/mol. The van der Waals surface area contributed by atoms with Gasteiger partial charge in [0, 0.05) is 29.1 Å². The Morgan fingerprint density at radius 3 is 2.14 bits per heavy atom. The summed E-state index contributed by atoms with van der Waals surface area (Å²) < 4.78 is 2.19. The first-order chi connectivity index (χ1) is 12.8. The fraction of sp³-hybridized carbons (Fsp3) is 0.565. The van der Waals surface area contributed by atoms with Crippen molar-refractivity contribution >= 4 is 22.7 Å². The van der Waals surface area contributed by atoms with Gasteiger partial charge in [-0.1, -0.05) is 38.5 Å². The van der Waals surface area contributed by atoms with Crippen LogP contribution in [0.15, 0.2) is 30.5 Å². The smallest absolute Gasteiger partial charge is 0.309 e. The topological polar surface area (TPSA) is 85.3 Å². The second kappa shape index (κ2) is 9.37. The van der Waals surface area contributed by atoms with E-state index in [2.05, 4.69) is 51.4 Å². The molecule has 1 heterocycles. The average Bonchev–Trinajstić information content (AvgIpc) is 2.94. The van der Waals surface area contributed by atoms with E-state index in [1.165, 1.54) is 6.42 Å². The Morgan fingerprint density at radius 2 is 1.64 bits per heavy atom. The van der Waals surface area contributed by atoms with Crippen molar-refractivity contribution in [1.29, 1.82) is 0 Å². The highest BCUT2D eigenvalue weighted by Crippen LogP contribution is 2.29. The van der Waals surface area contributed by atoms with Crippen LogP contribution in [0.4, 0.5) is 0 Å². The van der Waals surface area contributed by atoms with Crippen LogP contribution in [0.3, 0.4) is 0 Å². The van der Waals surface area contributed by atoms with Crippen LogP contribution in [-0.2, 0) is 21.5 Å². The molecule has 0 unspecified atom stereocenters. The molecule has 0 saturated heterocycles. The molecule has 1 atom stereocenters. The molecule has 0 aliphatic rings. The molecule has 0 fully saturated rings. The van der Waals surface area contributed by atoms with Gasteiger partial charge >= 0.3 is 5.97 Å². The summed E-state index contributed by atoms with van der Waals surface area (Å²) in [6, 6.07) is 7.35. The van der Waals surface area contributed by atoms with E-state index in [0.29, 0.717) is 6.42 Å². The zero-order valence-electron chi connectivity index (χ0n) is 18.4. The lowest BCUT2D eigenvalue weighted by atomic mass is 9.85. The quantitative estimate of drug-likeness (QED) is 0.747. The van der Waals surface area contributed by atoms with Crippen LogP contribution in [0.5, 0.6) is 0 Å². The molecule has 3 N–H and O–H groups in total. The first kappa shape index (κ1) is 23.9. The minimum atomic E-state index is -1.10. The standard InChI is InChI=1S/C20H28N2O3.C3H8/c1-19(2,3)22-12-13(14-8-6-7-9-16(14)22)10-15(21)17(23)11-20(4,5)18(24)25;1-3-2/h6-9,12,15H,10-11,21H2,1-5H3,(H,24,25);3H2,1-2H3/t15-;/m1./s1. The van der Waals surface area contributed by atoms with E-state index in [4.69, 9.17) is 5.73 Å². The number of aliphatic carboxylic acids is 1. The zero-order chi connectivity index (χ0) is 21.7. The number of carboxylic acids is 1. The first-order valence-electron chi connectivity index (χ1n) is 9.96. The molecule has 5 heteroatoms. The molecule has 1 aromatic carbocycles. The van der Waals surface area contributed by atoms with Gasteiger partial charge in [-0.05, 0) is 52.7 Å². The van der Waals surface area contributed by atoms with Crippen LogP contribution in [0.1, 0.15) is 66.9 Å². The van der Waals surface area contributed by atoms with Crippen LogP contribution >= 0.6 is 0 Å². The fourth-order valence-corrected chi connectivity index (χ4v) is 2.96. The Kier molecular flexibility index (Phi) is 8.00. The zero-order valence-corrected chi connectivity index (χ0v) is 18.4. The molecule has 2 rings (SSSR count). The molecule has 0 aliphatic carbocycles. The van der Waals surface area contributed by atoms with Crippen molar-refractivity contribution in [2.75, 3.05) is 0 Å². The lowest BCUT2D eigenvalue weighted by Crippen LogP contribution is -2.37. The summed E-state index contributed by atoms with van der Waals surface area (Å²) in [7, 11) is 0. The van der Waals surface area contributed by atoms with E-state index in [-0.39, 0.29) is 17.7 Å². The number of ketones is 1. The van der Waals surface area contributed by atoms with Crippen LogP contribution < -0.4 is 5.73 Å². The van der Waals surface area contributed by atoms with Gasteiger partial charge in [0.05, 0.1) is 11.5 Å². The maximum Gasteiger partial charge on any atom is 0.309 e. The maximum absolute atomic E-state index is 12.4. The van der Waals surface area contributed by atoms with E-state index in [1.54, 1.807) is 13.8 Å². The summed E-state index contributed by atoms with van der Waals surface area (Å²) in [5.41, 5.74) is 7.05. The summed E-state index contributed by atoms with van der Waals surface area (Å²) in [6.07, 6.45) is 3.64.